The molecular weight excluding hydrogens is 446 g/mol. The normalized spacial score (nSPS) is 25.9. The summed E-state index contributed by atoms with van der Waals surface area (Å²) in [7, 11) is 0. The van der Waals surface area contributed by atoms with E-state index >= 15 is 0 Å². The van der Waals surface area contributed by atoms with Gasteiger partial charge in [0.05, 0.1) is 13.0 Å². The average molecular weight is 476 g/mol. The Labute approximate surface area is 198 Å². The Morgan fingerprint density at radius 1 is 1.12 bits per heavy atom. The molecule has 4 rings (SSSR count). The lowest BCUT2D eigenvalue weighted by Gasteiger charge is -2.35. The summed E-state index contributed by atoms with van der Waals surface area (Å²) in [6.45, 7) is 4.25. The second-order valence-electron chi connectivity index (χ2n) is 9.30. The van der Waals surface area contributed by atoms with Crippen molar-refractivity contribution in [1.29, 1.82) is 0 Å². The Kier molecular flexibility index (Phi) is 6.90. The standard InChI is InChI=1S/C23H30ClN5O4/c1-16-6-8-23(9-7-16)21(32)29(22(33)25-23)26-19(30)15-27-10-12-28(13-11-27)20(31)14-17-4-2-3-5-18(17)24/h2-5,16H,6-15H2,1H3,(H,25,33)(H,26,30). The van der Waals surface area contributed by atoms with Crippen LogP contribution in [-0.4, -0.2) is 76.8 Å². The first kappa shape index (κ1) is 23.5. The molecule has 1 aromatic carbocycles. The largest absolute Gasteiger partial charge is 0.344 e. The smallest absolute Gasteiger partial charge is 0.340 e. The second-order valence-corrected chi connectivity index (χ2v) is 9.70. The van der Waals surface area contributed by atoms with Crippen molar-refractivity contribution in [1.82, 2.24) is 25.6 Å². The highest BCUT2D eigenvalue weighted by molar-refractivity contribution is 6.31. The van der Waals surface area contributed by atoms with Gasteiger partial charge in [-0.1, -0.05) is 36.7 Å². The fraction of sp³-hybridized carbons (Fsp3) is 0.565. The van der Waals surface area contributed by atoms with E-state index in [0.717, 1.165) is 23.4 Å². The van der Waals surface area contributed by atoms with Gasteiger partial charge in [-0.05, 0) is 43.2 Å². The van der Waals surface area contributed by atoms with Gasteiger partial charge in [-0.2, -0.15) is 5.01 Å². The Morgan fingerprint density at radius 3 is 2.45 bits per heavy atom. The van der Waals surface area contributed by atoms with Crippen LogP contribution in [0.3, 0.4) is 0 Å². The third-order valence-corrected chi connectivity index (χ3v) is 7.29. The average Bonchev–Trinajstić information content (AvgIpc) is 3.02. The van der Waals surface area contributed by atoms with E-state index in [1.807, 2.05) is 23.1 Å². The number of hydrazine groups is 1. The number of nitrogens with one attached hydrogen (secondary N) is 2. The molecule has 2 aliphatic heterocycles. The summed E-state index contributed by atoms with van der Waals surface area (Å²) in [5.74, 6) is -0.267. The van der Waals surface area contributed by atoms with Crippen LogP contribution in [0, 0.1) is 5.92 Å². The number of urea groups is 1. The number of imide groups is 1. The summed E-state index contributed by atoms with van der Waals surface area (Å²) in [5.41, 5.74) is 2.39. The minimum absolute atomic E-state index is 0.00126. The van der Waals surface area contributed by atoms with Gasteiger partial charge < -0.3 is 10.2 Å². The molecule has 0 bridgehead atoms. The lowest BCUT2D eigenvalue weighted by Crippen LogP contribution is -2.55. The van der Waals surface area contributed by atoms with Crippen molar-refractivity contribution < 1.29 is 19.2 Å². The van der Waals surface area contributed by atoms with E-state index < -0.39 is 17.5 Å². The van der Waals surface area contributed by atoms with Crippen molar-refractivity contribution in [2.75, 3.05) is 32.7 Å². The monoisotopic (exact) mass is 475 g/mol. The van der Waals surface area contributed by atoms with Gasteiger partial charge in [-0.3, -0.25) is 24.7 Å². The van der Waals surface area contributed by atoms with E-state index in [1.165, 1.54) is 0 Å². The maximum absolute atomic E-state index is 12.9. The number of carbonyl (C=O) groups is 4. The summed E-state index contributed by atoms with van der Waals surface area (Å²) >= 11 is 6.15. The Bertz CT molecular complexity index is 939. The summed E-state index contributed by atoms with van der Waals surface area (Å²) in [5, 5.41) is 4.21. The van der Waals surface area contributed by atoms with Crippen LogP contribution in [0.15, 0.2) is 24.3 Å². The van der Waals surface area contributed by atoms with Crippen molar-refractivity contribution in [3.63, 3.8) is 0 Å². The van der Waals surface area contributed by atoms with Crippen molar-refractivity contribution in [3.05, 3.63) is 34.9 Å². The van der Waals surface area contributed by atoms with Crippen LogP contribution in [0.2, 0.25) is 5.02 Å². The first-order valence-corrected chi connectivity index (χ1v) is 11.8. The van der Waals surface area contributed by atoms with Crippen LogP contribution in [-0.2, 0) is 20.8 Å². The zero-order chi connectivity index (χ0) is 23.6. The van der Waals surface area contributed by atoms with Gasteiger partial charge in [-0.25, -0.2) is 4.79 Å². The third-order valence-electron chi connectivity index (χ3n) is 6.92. The number of amides is 5. The molecule has 0 aromatic heterocycles. The summed E-state index contributed by atoms with van der Waals surface area (Å²) in [6.07, 6.45) is 3.16. The van der Waals surface area contributed by atoms with Crippen molar-refractivity contribution in [2.45, 2.75) is 44.6 Å². The molecular formula is C23H30ClN5O4. The molecule has 178 valence electrons. The van der Waals surface area contributed by atoms with E-state index in [-0.39, 0.29) is 24.8 Å². The SMILES string of the molecule is CC1CCC2(CC1)NC(=O)N(NC(=O)CN1CCN(C(=O)Cc3ccccc3Cl)CC1)C2=O. The third kappa shape index (κ3) is 5.14. The highest BCUT2D eigenvalue weighted by Gasteiger charge is 2.52. The van der Waals surface area contributed by atoms with Crippen molar-refractivity contribution >= 4 is 35.4 Å². The minimum atomic E-state index is -0.884. The number of rotatable bonds is 5. The lowest BCUT2D eigenvalue weighted by atomic mass is 9.77. The maximum atomic E-state index is 12.9. The highest BCUT2D eigenvalue weighted by atomic mass is 35.5. The van der Waals surface area contributed by atoms with Crippen LogP contribution in [0.25, 0.3) is 0 Å². The first-order chi connectivity index (χ1) is 15.8. The second kappa shape index (κ2) is 9.69. The molecule has 3 aliphatic rings. The molecule has 0 unspecified atom stereocenters. The van der Waals surface area contributed by atoms with Gasteiger partial charge >= 0.3 is 6.03 Å². The summed E-state index contributed by atoms with van der Waals surface area (Å²) in [6, 6.07) is 6.72. The maximum Gasteiger partial charge on any atom is 0.344 e. The molecule has 9 nitrogen and oxygen atoms in total. The van der Waals surface area contributed by atoms with Crippen molar-refractivity contribution in [3.8, 4) is 0 Å². The number of piperazine rings is 1. The van der Waals surface area contributed by atoms with E-state index in [2.05, 4.69) is 17.7 Å². The molecule has 1 aliphatic carbocycles. The molecule has 2 saturated heterocycles. The van der Waals surface area contributed by atoms with Gasteiger partial charge in [0.25, 0.3) is 11.8 Å². The number of nitrogens with zero attached hydrogens (tertiary/aromatic N) is 3. The van der Waals surface area contributed by atoms with Gasteiger partial charge in [0, 0.05) is 31.2 Å². The molecule has 33 heavy (non-hydrogen) atoms. The van der Waals surface area contributed by atoms with E-state index in [0.29, 0.717) is 50.0 Å². The zero-order valence-corrected chi connectivity index (χ0v) is 19.6. The molecule has 10 heteroatoms. The van der Waals surface area contributed by atoms with E-state index in [9.17, 15) is 19.2 Å². The van der Waals surface area contributed by atoms with Crippen LogP contribution in [0.4, 0.5) is 4.79 Å². The van der Waals surface area contributed by atoms with Crippen LogP contribution in [0.1, 0.15) is 38.2 Å². The fourth-order valence-electron chi connectivity index (χ4n) is 4.75. The first-order valence-electron chi connectivity index (χ1n) is 11.5. The molecule has 2 heterocycles. The van der Waals surface area contributed by atoms with Crippen LogP contribution < -0.4 is 10.7 Å². The number of hydrogen-bond acceptors (Lipinski definition) is 5. The molecule has 1 aromatic rings. The van der Waals surface area contributed by atoms with E-state index in [1.54, 1.807) is 11.0 Å². The lowest BCUT2D eigenvalue weighted by molar-refractivity contribution is -0.141. The number of halogens is 1. The Balaban J connectivity index is 1.24. The number of carbonyl (C=O) groups excluding carboxylic acids is 4. The summed E-state index contributed by atoms with van der Waals surface area (Å²) < 4.78 is 0. The Hall–Kier alpha value is -2.65. The predicted octanol–water partition coefficient (Wildman–Crippen LogP) is 1.56. The summed E-state index contributed by atoms with van der Waals surface area (Å²) in [4.78, 5) is 54.1. The zero-order valence-electron chi connectivity index (χ0n) is 18.8. The molecule has 1 spiro atoms. The molecule has 1 saturated carbocycles. The number of hydrogen-bond donors (Lipinski definition) is 2. The van der Waals surface area contributed by atoms with Gasteiger partial charge in [0.15, 0.2) is 0 Å². The van der Waals surface area contributed by atoms with Crippen molar-refractivity contribution in [2.24, 2.45) is 5.92 Å². The van der Waals surface area contributed by atoms with Crippen LogP contribution in [0.5, 0.6) is 0 Å². The van der Waals surface area contributed by atoms with Crippen LogP contribution >= 0.6 is 11.6 Å². The molecule has 0 radical (unpaired) electrons. The molecule has 2 N–H and O–H groups in total. The quantitative estimate of drug-likeness (QED) is 0.629. The number of benzene rings is 1. The molecule has 5 amide bonds. The van der Waals surface area contributed by atoms with Gasteiger partial charge in [0.2, 0.25) is 5.91 Å². The topological polar surface area (TPSA) is 102 Å². The highest BCUT2D eigenvalue weighted by Crippen LogP contribution is 2.35. The van der Waals surface area contributed by atoms with Gasteiger partial charge in [-0.15, -0.1) is 0 Å². The minimum Gasteiger partial charge on any atom is -0.340 e. The van der Waals surface area contributed by atoms with E-state index in [4.69, 9.17) is 11.6 Å². The predicted molar refractivity (Wildman–Crippen MR) is 122 cm³/mol. The van der Waals surface area contributed by atoms with Gasteiger partial charge in [0.1, 0.15) is 5.54 Å². The molecule has 3 fully saturated rings. The molecule has 0 atom stereocenters. The fourth-order valence-corrected chi connectivity index (χ4v) is 4.95. The Morgan fingerprint density at radius 2 is 1.79 bits per heavy atom.